The average Bonchev–Trinajstić information content (AvgIpc) is 2.08. The molecule has 0 fully saturated rings. The molecule has 1 aromatic carbocycles. The van der Waals surface area contributed by atoms with Crippen molar-refractivity contribution in [3.05, 3.63) is 29.8 Å². The summed E-state index contributed by atoms with van der Waals surface area (Å²) in [6.07, 6.45) is 1.31. The standard InChI is InChI=1S/C8H9N3O2/c9-8(13)11-10-5-6-3-1-2-4-7(6)12/h1-5,12H,(H3,9,11,13)/b10-5+. The lowest BCUT2D eigenvalue weighted by atomic mass is 10.2. The van der Waals surface area contributed by atoms with Crippen LogP contribution in [-0.2, 0) is 0 Å². The molecule has 1 rings (SSSR count). The number of aromatic hydroxyl groups is 1. The van der Waals surface area contributed by atoms with Crippen molar-refractivity contribution in [2.24, 2.45) is 10.8 Å². The lowest BCUT2D eigenvalue weighted by molar-refractivity contribution is 0.249. The number of primary amides is 1. The Kier molecular flexibility index (Phi) is 2.86. The van der Waals surface area contributed by atoms with Crippen molar-refractivity contribution >= 4 is 12.2 Å². The minimum Gasteiger partial charge on any atom is -0.507 e. The largest absolute Gasteiger partial charge is 0.507 e. The molecular weight excluding hydrogens is 170 g/mol. The van der Waals surface area contributed by atoms with Crippen LogP contribution in [0.5, 0.6) is 5.75 Å². The third kappa shape index (κ3) is 2.82. The highest BCUT2D eigenvalue weighted by Crippen LogP contribution is 2.12. The molecule has 4 N–H and O–H groups in total. The summed E-state index contributed by atoms with van der Waals surface area (Å²) >= 11 is 0. The number of carbonyl (C=O) groups excluding carboxylic acids is 1. The Morgan fingerprint density at radius 3 is 2.85 bits per heavy atom. The predicted octanol–water partition coefficient (Wildman–Crippen LogP) is 0.394. The van der Waals surface area contributed by atoms with E-state index < -0.39 is 6.03 Å². The maximum Gasteiger partial charge on any atom is 0.332 e. The average molecular weight is 179 g/mol. The minimum absolute atomic E-state index is 0.0949. The van der Waals surface area contributed by atoms with E-state index in [1.54, 1.807) is 18.2 Å². The lowest BCUT2D eigenvalue weighted by Crippen LogP contribution is -2.24. The van der Waals surface area contributed by atoms with E-state index in [2.05, 4.69) is 5.10 Å². The number of urea groups is 1. The van der Waals surface area contributed by atoms with Crippen LogP contribution in [0.2, 0.25) is 0 Å². The van der Waals surface area contributed by atoms with Gasteiger partial charge in [0, 0.05) is 5.56 Å². The summed E-state index contributed by atoms with van der Waals surface area (Å²) in [7, 11) is 0. The molecule has 13 heavy (non-hydrogen) atoms. The van der Waals surface area contributed by atoms with E-state index in [1.165, 1.54) is 12.3 Å². The summed E-state index contributed by atoms with van der Waals surface area (Å²) in [6, 6.07) is 5.86. The number of benzene rings is 1. The van der Waals surface area contributed by atoms with Gasteiger partial charge in [-0.3, -0.25) is 0 Å². The second kappa shape index (κ2) is 4.10. The van der Waals surface area contributed by atoms with Crippen molar-refractivity contribution < 1.29 is 9.90 Å². The highest BCUT2D eigenvalue weighted by Gasteiger charge is 1.94. The van der Waals surface area contributed by atoms with Gasteiger partial charge in [-0.25, -0.2) is 10.2 Å². The van der Waals surface area contributed by atoms with Crippen LogP contribution < -0.4 is 11.2 Å². The fraction of sp³-hybridized carbons (Fsp3) is 0. The number of nitrogens with one attached hydrogen (secondary N) is 1. The second-order valence-corrected chi connectivity index (χ2v) is 2.29. The van der Waals surface area contributed by atoms with Gasteiger partial charge in [-0.15, -0.1) is 0 Å². The molecule has 0 aliphatic rings. The van der Waals surface area contributed by atoms with Crippen molar-refractivity contribution in [3.8, 4) is 5.75 Å². The number of hydrogen-bond acceptors (Lipinski definition) is 3. The summed E-state index contributed by atoms with van der Waals surface area (Å²) in [5.74, 6) is 0.0949. The Balaban J connectivity index is 2.68. The number of phenols is 1. The Labute approximate surface area is 74.9 Å². The fourth-order valence-electron chi connectivity index (χ4n) is 0.762. The summed E-state index contributed by atoms with van der Waals surface area (Å²) in [4.78, 5) is 10.2. The van der Waals surface area contributed by atoms with Crippen LogP contribution >= 0.6 is 0 Å². The first-order valence-electron chi connectivity index (χ1n) is 3.56. The third-order valence-electron chi connectivity index (χ3n) is 1.32. The normalized spacial score (nSPS) is 10.2. The van der Waals surface area contributed by atoms with Gasteiger partial charge in [0.2, 0.25) is 0 Å². The van der Waals surface area contributed by atoms with Crippen molar-refractivity contribution in [2.45, 2.75) is 0 Å². The van der Waals surface area contributed by atoms with Gasteiger partial charge in [0.15, 0.2) is 0 Å². The van der Waals surface area contributed by atoms with Crippen LogP contribution in [0.3, 0.4) is 0 Å². The number of carbonyl (C=O) groups is 1. The summed E-state index contributed by atoms with van der Waals surface area (Å²) in [5, 5.41) is 12.7. The summed E-state index contributed by atoms with van der Waals surface area (Å²) in [5.41, 5.74) is 7.30. The van der Waals surface area contributed by atoms with Crippen LogP contribution in [0.25, 0.3) is 0 Å². The van der Waals surface area contributed by atoms with Crippen molar-refractivity contribution in [1.82, 2.24) is 5.43 Å². The van der Waals surface area contributed by atoms with Crippen LogP contribution in [-0.4, -0.2) is 17.4 Å². The van der Waals surface area contributed by atoms with Gasteiger partial charge in [0.25, 0.3) is 0 Å². The van der Waals surface area contributed by atoms with E-state index in [4.69, 9.17) is 5.73 Å². The van der Waals surface area contributed by atoms with Crippen molar-refractivity contribution in [1.29, 1.82) is 0 Å². The number of amides is 2. The monoisotopic (exact) mass is 179 g/mol. The minimum atomic E-state index is -0.744. The van der Waals surface area contributed by atoms with Gasteiger partial charge in [0.05, 0.1) is 6.21 Å². The molecule has 0 saturated carbocycles. The lowest BCUT2D eigenvalue weighted by Gasteiger charge is -1.96. The summed E-state index contributed by atoms with van der Waals surface area (Å²) in [6.45, 7) is 0. The fourth-order valence-corrected chi connectivity index (χ4v) is 0.762. The molecule has 0 radical (unpaired) electrons. The molecule has 0 atom stereocenters. The molecule has 1 aromatic rings. The second-order valence-electron chi connectivity index (χ2n) is 2.29. The molecule has 0 spiro atoms. The summed E-state index contributed by atoms with van der Waals surface area (Å²) < 4.78 is 0. The smallest absolute Gasteiger partial charge is 0.332 e. The van der Waals surface area contributed by atoms with Gasteiger partial charge in [-0.2, -0.15) is 5.10 Å². The number of para-hydroxylation sites is 1. The molecule has 2 amide bonds. The van der Waals surface area contributed by atoms with Gasteiger partial charge >= 0.3 is 6.03 Å². The van der Waals surface area contributed by atoms with E-state index in [0.717, 1.165) is 0 Å². The highest BCUT2D eigenvalue weighted by molar-refractivity contribution is 5.84. The Morgan fingerprint density at radius 1 is 1.54 bits per heavy atom. The van der Waals surface area contributed by atoms with E-state index in [9.17, 15) is 9.90 Å². The molecule has 0 aromatic heterocycles. The molecule has 5 heteroatoms. The van der Waals surface area contributed by atoms with E-state index >= 15 is 0 Å². The van der Waals surface area contributed by atoms with Crippen LogP contribution in [0, 0.1) is 0 Å². The first-order chi connectivity index (χ1) is 6.20. The van der Waals surface area contributed by atoms with E-state index in [1.807, 2.05) is 5.43 Å². The van der Waals surface area contributed by atoms with Crippen molar-refractivity contribution in [2.75, 3.05) is 0 Å². The van der Waals surface area contributed by atoms with E-state index in [0.29, 0.717) is 5.56 Å². The van der Waals surface area contributed by atoms with Crippen LogP contribution in [0.1, 0.15) is 5.56 Å². The number of hydrogen-bond donors (Lipinski definition) is 3. The number of nitrogens with two attached hydrogens (primary N) is 1. The number of nitrogens with zero attached hydrogens (tertiary/aromatic N) is 1. The van der Waals surface area contributed by atoms with Crippen LogP contribution in [0.15, 0.2) is 29.4 Å². The third-order valence-corrected chi connectivity index (χ3v) is 1.32. The number of hydrazone groups is 1. The number of rotatable bonds is 2. The zero-order valence-corrected chi connectivity index (χ0v) is 6.77. The molecule has 0 bridgehead atoms. The molecule has 0 aliphatic carbocycles. The Morgan fingerprint density at radius 2 is 2.23 bits per heavy atom. The molecular formula is C8H9N3O2. The first kappa shape index (κ1) is 9.05. The van der Waals surface area contributed by atoms with Gasteiger partial charge in [-0.1, -0.05) is 12.1 Å². The molecule has 5 nitrogen and oxygen atoms in total. The molecule has 0 saturated heterocycles. The predicted molar refractivity (Wildman–Crippen MR) is 48.4 cm³/mol. The van der Waals surface area contributed by atoms with Gasteiger partial charge in [-0.05, 0) is 12.1 Å². The molecule has 0 aliphatic heterocycles. The van der Waals surface area contributed by atoms with Gasteiger partial charge < -0.3 is 10.8 Å². The maximum absolute atomic E-state index is 10.2. The van der Waals surface area contributed by atoms with Gasteiger partial charge in [0.1, 0.15) is 5.75 Å². The number of phenolic OH excluding ortho intramolecular Hbond substituents is 1. The zero-order valence-electron chi connectivity index (χ0n) is 6.77. The highest BCUT2D eigenvalue weighted by atomic mass is 16.3. The first-order valence-corrected chi connectivity index (χ1v) is 3.56. The Hall–Kier alpha value is -2.04. The molecule has 0 unspecified atom stereocenters. The van der Waals surface area contributed by atoms with E-state index in [-0.39, 0.29) is 5.75 Å². The topological polar surface area (TPSA) is 87.7 Å². The Bertz CT molecular complexity index is 336. The zero-order chi connectivity index (χ0) is 9.68. The maximum atomic E-state index is 10.2. The molecule has 68 valence electrons. The van der Waals surface area contributed by atoms with Crippen molar-refractivity contribution in [3.63, 3.8) is 0 Å². The molecule has 0 heterocycles. The SMILES string of the molecule is NC(=O)N/N=C/c1ccccc1O. The van der Waals surface area contributed by atoms with Crippen LogP contribution in [0.4, 0.5) is 4.79 Å². The quantitative estimate of drug-likeness (QED) is 0.453.